The molecule has 10 aromatic rings. The van der Waals surface area contributed by atoms with Crippen LogP contribution in [0.25, 0.3) is 89.8 Å². The predicted octanol–water partition coefficient (Wildman–Crippen LogP) is 14.2. The summed E-state index contributed by atoms with van der Waals surface area (Å²) in [6, 6.07) is 80.4. The second kappa shape index (κ2) is 14.1. The van der Waals surface area contributed by atoms with Gasteiger partial charge in [-0.1, -0.05) is 206 Å². The van der Waals surface area contributed by atoms with E-state index in [-0.39, 0.29) is 0 Å². The van der Waals surface area contributed by atoms with E-state index in [1.165, 1.54) is 44.5 Å². The Labute approximate surface area is 355 Å². The van der Waals surface area contributed by atoms with Gasteiger partial charge in [-0.3, -0.25) is 0 Å². The first-order chi connectivity index (χ1) is 30.3. The van der Waals surface area contributed by atoms with Gasteiger partial charge in [0.25, 0.3) is 0 Å². The van der Waals surface area contributed by atoms with Crippen molar-refractivity contribution in [2.75, 3.05) is 0 Å². The molecule has 1 aromatic heterocycles. The lowest BCUT2D eigenvalue weighted by Crippen LogP contribution is -2.26. The molecule has 2 aliphatic carbocycles. The van der Waals surface area contributed by atoms with Gasteiger partial charge in [0, 0.05) is 16.7 Å². The lowest BCUT2D eigenvalue weighted by molar-refractivity contribution is 0.796. The summed E-state index contributed by atoms with van der Waals surface area (Å²) in [4.78, 5) is 16.0. The number of hydrogen-bond acceptors (Lipinski definition) is 3. The van der Waals surface area contributed by atoms with Gasteiger partial charge in [0.05, 0.1) is 5.41 Å². The highest BCUT2D eigenvalue weighted by Gasteiger charge is 2.52. The topological polar surface area (TPSA) is 38.7 Å². The van der Waals surface area contributed by atoms with Gasteiger partial charge in [-0.05, 0) is 96.1 Å². The van der Waals surface area contributed by atoms with Crippen LogP contribution in [0.15, 0.2) is 224 Å². The number of benzene rings is 9. The van der Waals surface area contributed by atoms with Crippen LogP contribution in [-0.4, -0.2) is 15.0 Å². The standard InChI is InChI=1S/C58H37N3/c1-4-19-38(20-5-1)41-35-42(39-21-6-2-7-22-39)37-43(36-41)56-59-55(40-23-8-3-9-24-40)60-57(61-56)50-29-11-10-25-44(50)48-30-18-31-49-47-28-14-17-34-53(47)58(54(48)49)51-32-15-12-26-45(51)46-27-13-16-33-52(46)58/h1-37H. The van der Waals surface area contributed by atoms with Crippen molar-refractivity contribution >= 4 is 0 Å². The summed E-state index contributed by atoms with van der Waals surface area (Å²) in [5.74, 6) is 1.87. The average molecular weight is 776 g/mol. The number of hydrogen-bond donors (Lipinski definition) is 0. The predicted molar refractivity (Wildman–Crippen MR) is 249 cm³/mol. The van der Waals surface area contributed by atoms with Crippen LogP contribution in [0, 0.1) is 0 Å². The van der Waals surface area contributed by atoms with Crippen LogP contribution in [0.3, 0.4) is 0 Å². The third-order valence-corrected chi connectivity index (χ3v) is 12.5. The van der Waals surface area contributed by atoms with Crippen LogP contribution in [0.5, 0.6) is 0 Å². The molecule has 0 amide bonds. The average Bonchev–Trinajstić information content (AvgIpc) is 3.82. The van der Waals surface area contributed by atoms with Gasteiger partial charge < -0.3 is 0 Å². The number of fused-ring (bicyclic) bond motifs is 10. The first-order valence-electron chi connectivity index (χ1n) is 20.9. The summed E-state index contributed by atoms with van der Waals surface area (Å²) >= 11 is 0. The van der Waals surface area contributed by atoms with Crippen LogP contribution in [0.1, 0.15) is 22.3 Å². The first kappa shape index (κ1) is 35.0. The molecule has 0 bridgehead atoms. The third kappa shape index (κ3) is 5.48. The molecule has 0 unspecified atom stereocenters. The van der Waals surface area contributed by atoms with Crippen molar-refractivity contribution in [2.45, 2.75) is 5.41 Å². The number of rotatable bonds is 6. The van der Waals surface area contributed by atoms with E-state index in [4.69, 9.17) is 15.0 Å². The van der Waals surface area contributed by atoms with Crippen LogP contribution in [-0.2, 0) is 5.41 Å². The zero-order chi connectivity index (χ0) is 40.3. The second-order valence-corrected chi connectivity index (χ2v) is 15.9. The van der Waals surface area contributed by atoms with E-state index in [2.05, 4.69) is 206 Å². The van der Waals surface area contributed by atoms with E-state index in [1.807, 2.05) is 18.2 Å². The van der Waals surface area contributed by atoms with E-state index in [0.717, 1.165) is 50.1 Å². The molecule has 9 aromatic carbocycles. The highest BCUT2D eigenvalue weighted by Crippen LogP contribution is 2.64. The molecule has 61 heavy (non-hydrogen) atoms. The molecule has 0 radical (unpaired) electrons. The molecule has 0 fully saturated rings. The van der Waals surface area contributed by atoms with Crippen molar-refractivity contribution in [3.05, 3.63) is 247 Å². The van der Waals surface area contributed by atoms with Gasteiger partial charge in [-0.2, -0.15) is 0 Å². The fraction of sp³-hybridized carbons (Fsp3) is 0.0172. The Kier molecular flexibility index (Phi) is 8.07. The zero-order valence-corrected chi connectivity index (χ0v) is 33.2. The minimum atomic E-state index is -0.506. The Bertz CT molecular complexity index is 3180. The van der Waals surface area contributed by atoms with Gasteiger partial charge in [0.2, 0.25) is 0 Å². The number of nitrogens with zero attached hydrogens (tertiary/aromatic N) is 3. The molecule has 2 aliphatic rings. The van der Waals surface area contributed by atoms with Crippen molar-refractivity contribution in [3.8, 4) is 89.8 Å². The molecule has 0 N–H and O–H groups in total. The van der Waals surface area contributed by atoms with Crippen LogP contribution >= 0.6 is 0 Å². The maximum Gasteiger partial charge on any atom is 0.164 e. The second-order valence-electron chi connectivity index (χ2n) is 15.9. The maximum atomic E-state index is 5.43. The monoisotopic (exact) mass is 775 g/mol. The molecule has 0 saturated heterocycles. The third-order valence-electron chi connectivity index (χ3n) is 12.5. The fourth-order valence-corrected chi connectivity index (χ4v) is 9.99. The molecule has 1 spiro atoms. The van der Waals surface area contributed by atoms with Crippen molar-refractivity contribution < 1.29 is 0 Å². The Morgan fingerprint density at radius 2 is 0.574 bits per heavy atom. The largest absolute Gasteiger partial charge is 0.208 e. The van der Waals surface area contributed by atoms with Crippen molar-refractivity contribution in [3.63, 3.8) is 0 Å². The van der Waals surface area contributed by atoms with Gasteiger partial charge in [0.15, 0.2) is 17.5 Å². The molecular formula is C58H37N3. The Morgan fingerprint density at radius 3 is 1.10 bits per heavy atom. The summed E-state index contributed by atoms with van der Waals surface area (Å²) in [6.07, 6.45) is 0. The van der Waals surface area contributed by atoms with E-state index in [1.54, 1.807) is 0 Å². The highest BCUT2D eigenvalue weighted by atomic mass is 15.0. The summed E-state index contributed by atoms with van der Waals surface area (Å²) in [5, 5.41) is 0. The van der Waals surface area contributed by atoms with Crippen molar-refractivity contribution in [1.82, 2.24) is 15.0 Å². The summed E-state index contributed by atoms with van der Waals surface area (Å²) in [7, 11) is 0. The Hall–Kier alpha value is -8.01. The van der Waals surface area contributed by atoms with Crippen LogP contribution in [0.2, 0.25) is 0 Å². The lowest BCUT2D eigenvalue weighted by atomic mass is 9.68. The van der Waals surface area contributed by atoms with Crippen molar-refractivity contribution in [1.29, 1.82) is 0 Å². The maximum absolute atomic E-state index is 5.43. The van der Waals surface area contributed by atoms with Gasteiger partial charge in [0.1, 0.15) is 0 Å². The van der Waals surface area contributed by atoms with Crippen LogP contribution < -0.4 is 0 Å². The normalized spacial score (nSPS) is 12.7. The fourth-order valence-electron chi connectivity index (χ4n) is 9.99. The molecule has 12 rings (SSSR count). The smallest absolute Gasteiger partial charge is 0.164 e. The minimum Gasteiger partial charge on any atom is -0.208 e. The molecule has 0 aliphatic heterocycles. The number of aromatic nitrogens is 3. The molecule has 284 valence electrons. The quantitative estimate of drug-likeness (QED) is 0.169. The van der Waals surface area contributed by atoms with E-state index >= 15 is 0 Å². The SMILES string of the molecule is c1ccc(-c2cc(-c3ccccc3)cc(-c3nc(-c4ccccc4)nc(-c4ccccc4-c4cccc5c4C4(c6ccccc6-c6ccccc64)c4ccccc4-5)n3)c2)cc1. The van der Waals surface area contributed by atoms with E-state index < -0.39 is 5.41 Å². The molecule has 0 atom stereocenters. The molecule has 3 heteroatoms. The Morgan fingerprint density at radius 1 is 0.230 bits per heavy atom. The van der Waals surface area contributed by atoms with Gasteiger partial charge in [-0.15, -0.1) is 0 Å². The zero-order valence-electron chi connectivity index (χ0n) is 33.2. The lowest BCUT2D eigenvalue weighted by Gasteiger charge is -2.32. The highest BCUT2D eigenvalue weighted by molar-refractivity contribution is 6.00. The van der Waals surface area contributed by atoms with Crippen LogP contribution in [0.4, 0.5) is 0 Å². The molecular weight excluding hydrogens is 739 g/mol. The van der Waals surface area contributed by atoms with Gasteiger partial charge in [-0.25, -0.2) is 15.0 Å². The first-order valence-corrected chi connectivity index (χ1v) is 20.9. The molecule has 1 heterocycles. The summed E-state index contributed by atoms with van der Waals surface area (Å²) in [5.41, 5.74) is 19.3. The minimum absolute atomic E-state index is 0.506. The van der Waals surface area contributed by atoms with Gasteiger partial charge >= 0.3 is 0 Å². The Balaban J connectivity index is 1.11. The van der Waals surface area contributed by atoms with E-state index in [9.17, 15) is 0 Å². The molecule has 3 nitrogen and oxygen atoms in total. The van der Waals surface area contributed by atoms with Crippen molar-refractivity contribution in [2.24, 2.45) is 0 Å². The van der Waals surface area contributed by atoms with E-state index in [0.29, 0.717) is 17.5 Å². The summed E-state index contributed by atoms with van der Waals surface area (Å²) < 4.78 is 0. The molecule has 0 saturated carbocycles. The summed E-state index contributed by atoms with van der Waals surface area (Å²) in [6.45, 7) is 0.